The topological polar surface area (TPSA) is 114 Å². The van der Waals surface area contributed by atoms with Gasteiger partial charge in [0.25, 0.3) is 0 Å². The fourth-order valence-corrected chi connectivity index (χ4v) is 7.00. The number of ether oxygens (including phenoxy) is 1. The van der Waals surface area contributed by atoms with Gasteiger partial charge in [0.1, 0.15) is 10.8 Å². The van der Waals surface area contributed by atoms with Gasteiger partial charge in [0.05, 0.1) is 28.9 Å². The number of nitrogens with one attached hydrogen (secondary N) is 2. The molecule has 41 heavy (non-hydrogen) atoms. The van der Waals surface area contributed by atoms with E-state index in [0.29, 0.717) is 35.4 Å². The molecule has 2 saturated carbocycles. The van der Waals surface area contributed by atoms with E-state index in [-0.39, 0.29) is 22.0 Å². The zero-order chi connectivity index (χ0) is 29.5. The summed E-state index contributed by atoms with van der Waals surface area (Å²) < 4.78 is 33.6. The molecule has 0 amide bonds. The molecule has 10 nitrogen and oxygen atoms in total. The molecule has 2 N–H and O–H groups in total. The molecular formula is C29H42ClN7O3S. The zero-order valence-electron chi connectivity index (χ0n) is 24.8. The van der Waals surface area contributed by atoms with Gasteiger partial charge in [0, 0.05) is 19.3 Å². The number of aryl methyl sites for hydroxylation is 1. The maximum Gasteiger partial charge on any atom is 0.229 e. The van der Waals surface area contributed by atoms with Crippen molar-refractivity contribution in [2.24, 2.45) is 24.8 Å². The molecular weight excluding hydrogens is 562 g/mol. The van der Waals surface area contributed by atoms with Crippen LogP contribution < -0.4 is 10.6 Å². The highest BCUT2D eigenvalue weighted by molar-refractivity contribution is 7.92. The number of allylic oxidation sites excluding steroid dienone is 2. The van der Waals surface area contributed by atoms with Crippen LogP contribution in [0.15, 0.2) is 41.0 Å². The quantitative estimate of drug-likeness (QED) is 0.361. The van der Waals surface area contributed by atoms with Gasteiger partial charge in [-0.3, -0.25) is 4.68 Å². The van der Waals surface area contributed by atoms with Crippen LogP contribution in [-0.2, 0) is 21.6 Å². The number of anilines is 3. The van der Waals surface area contributed by atoms with E-state index in [1.54, 1.807) is 27.1 Å². The lowest BCUT2D eigenvalue weighted by Gasteiger charge is -2.38. The molecule has 0 saturated heterocycles. The first-order chi connectivity index (χ1) is 19.4. The van der Waals surface area contributed by atoms with Gasteiger partial charge in [-0.05, 0) is 90.3 Å². The zero-order valence-corrected chi connectivity index (χ0v) is 26.3. The summed E-state index contributed by atoms with van der Waals surface area (Å²) >= 11 is 6.44. The molecule has 2 unspecified atom stereocenters. The second-order valence-electron chi connectivity index (χ2n) is 12.2. The van der Waals surface area contributed by atoms with Crippen LogP contribution in [0.2, 0.25) is 5.02 Å². The van der Waals surface area contributed by atoms with Gasteiger partial charge < -0.3 is 20.3 Å². The fraction of sp³-hybridized carbons (Fsp3) is 0.621. The summed E-state index contributed by atoms with van der Waals surface area (Å²) in [5.74, 6) is 2.86. The van der Waals surface area contributed by atoms with E-state index in [1.165, 1.54) is 36.6 Å². The van der Waals surface area contributed by atoms with Crippen LogP contribution in [0, 0.1) is 17.8 Å². The second kappa shape index (κ2) is 11.9. The predicted octanol–water partition coefficient (Wildman–Crippen LogP) is 5.53. The maximum absolute atomic E-state index is 12.9. The maximum atomic E-state index is 12.9. The third-order valence-corrected chi connectivity index (χ3v) is 10.8. The number of hydrogen-bond acceptors (Lipinski definition) is 9. The van der Waals surface area contributed by atoms with E-state index in [2.05, 4.69) is 63.8 Å². The van der Waals surface area contributed by atoms with Crippen molar-refractivity contribution in [2.75, 3.05) is 24.7 Å². The van der Waals surface area contributed by atoms with E-state index in [1.807, 2.05) is 0 Å². The minimum absolute atomic E-state index is 0.0447. The van der Waals surface area contributed by atoms with Gasteiger partial charge in [-0.2, -0.15) is 10.1 Å². The highest BCUT2D eigenvalue weighted by Crippen LogP contribution is 2.42. The number of halogens is 1. The molecule has 2 aromatic rings. The van der Waals surface area contributed by atoms with Crippen LogP contribution in [0.5, 0.6) is 0 Å². The minimum atomic E-state index is -3.63. The van der Waals surface area contributed by atoms with Crippen LogP contribution in [-0.4, -0.2) is 64.6 Å². The Morgan fingerprint density at radius 1 is 1.10 bits per heavy atom. The molecule has 2 aromatic heterocycles. The second-order valence-corrected chi connectivity index (χ2v) is 15.0. The summed E-state index contributed by atoms with van der Waals surface area (Å²) in [6.45, 7) is 5.52. The summed E-state index contributed by atoms with van der Waals surface area (Å²) in [7, 11) is 2.41. The molecule has 0 aromatic carbocycles. The molecule has 3 aliphatic carbocycles. The monoisotopic (exact) mass is 603 g/mol. The van der Waals surface area contributed by atoms with Crippen molar-refractivity contribution in [2.45, 2.75) is 81.7 Å². The molecule has 2 atom stereocenters. The standard InChI is InChI=1S/C29H42ClN7O3S/c1-17(2)41(38,39)28-25(16-37(6)35-28)32-27-23(30)15-31-29(34-27)33-24-13-18(3)22(14-26(24)40-21-11-12-21)19-7-9-20(10-8-19)36(4)5/h13-22H,7-12H2,1-6H3,(H2,31,32,33,34)/t18?,19-,20-,22?. The van der Waals surface area contributed by atoms with Gasteiger partial charge in [0.2, 0.25) is 20.8 Å². The first-order valence-electron chi connectivity index (χ1n) is 14.5. The van der Waals surface area contributed by atoms with E-state index in [9.17, 15) is 8.42 Å². The smallest absolute Gasteiger partial charge is 0.229 e. The van der Waals surface area contributed by atoms with Crippen LogP contribution >= 0.6 is 11.6 Å². The average molecular weight is 604 g/mol. The van der Waals surface area contributed by atoms with Crippen LogP contribution in [0.1, 0.15) is 59.3 Å². The van der Waals surface area contributed by atoms with Crippen LogP contribution in [0.4, 0.5) is 17.5 Å². The van der Waals surface area contributed by atoms with Crippen LogP contribution in [0.3, 0.4) is 0 Å². The summed E-state index contributed by atoms with van der Waals surface area (Å²) in [6, 6.07) is 0.669. The molecule has 2 heterocycles. The van der Waals surface area contributed by atoms with E-state index in [4.69, 9.17) is 16.3 Å². The molecule has 0 spiro atoms. The summed E-state index contributed by atoms with van der Waals surface area (Å²) in [4.78, 5) is 11.4. The Hall–Kier alpha value is -2.63. The Morgan fingerprint density at radius 3 is 2.44 bits per heavy atom. The van der Waals surface area contributed by atoms with Gasteiger partial charge in [-0.25, -0.2) is 13.4 Å². The molecule has 12 heteroatoms. The van der Waals surface area contributed by atoms with Crippen molar-refractivity contribution in [1.29, 1.82) is 0 Å². The molecule has 2 fully saturated rings. The van der Waals surface area contributed by atoms with Crippen LogP contribution in [0.25, 0.3) is 0 Å². The van der Waals surface area contributed by atoms with Gasteiger partial charge in [-0.15, -0.1) is 0 Å². The molecule has 0 bridgehead atoms. The van der Waals surface area contributed by atoms with Crippen molar-refractivity contribution in [3.63, 3.8) is 0 Å². The van der Waals surface area contributed by atoms with Crippen molar-refractivity contribution in [3.8, 4) is 0 Å². The average Bonchev–Trinajstić information content (AvgIpc) is 3.66. The number of sulfone groups is 1. The molecule has 3 aliphatic rings. The Bertz CT molecular complexity index is 1420. The predicted molar refractivity (Wildman–Crippen MR) is 162 cm³/mol. The lowest BCUT2D eigenvalue weighted by atomic mass is 9.71. The fourth-order valence-electron chi connectivity index (χ4n) is 5.76. The third kappa shape index (κ3) is 6.73. The number of rotatable bonds is 10. The number of nitrogens with zero attached hydrogens (tertiary/aromatic N) is 5. The first kappa shape index (κ1) is 29.8. The normalized spacial score (nSPS) is 25.2. The lowest BCUT2D eigenvalue weighted by molar-refractivity contribution is 0.151. The van der Waals surface area contributed by atoms with Gasteiger partial charge in [-0.1, -0.05) is 24.6 Å². The third-order valence-electron chi connectivity index (χ3n) is 8.41. The molecule has 0 radical (unpaired) electrons. The summed E-state index contributed by atoms with van der Waals surface area (Å²) in [6.07, 6.45) is 14.9. The van der Waals surface area contributed by atoms with E-state index in [0.717, 1.165) is 24.3 Å². The highest BCUT2D eigenvalue weighted by atomic mass is 35.5. The SMILES string of the molecule is CC1C=C(Nc2ncc(Cl)c(Nc3cn(C)nc3S(=O)(=O)C(C)C)n2)C(OC2CC2)=CC1[C@H]1CC[C@H](N(C)C)CC1. The van der Waals surface area contributed by atoms with Crippen molar-refractivity contribution in [3.05, 3.63) is 41.0 Å². The van der Waals surface area contributed by atoms with Crippen molar-refractivity contribution < 1.29 is 13.2 Å². The first-order valence-corrected chi connectivity index (χ1v) is 16.5. The summed E-state index contributed by atoms with van der Waals surface area (Å²) in [5.41, 5.74) is 1.16. The molecule has 5 rings (SSSR count). The Kier molecular flexibility index (Phi) is 8.69. The van der Waals surface area contributed by atoms with E-state index < -0.39 is 15.1 Å². The summed E-state index contributed by atoms with van der Waals surface area (Å²) in [5, 5.41) is 10.2. The van der Waals surface area contributed by atoms with Crippen molar-refractivity contribution in [1.82, 2.24) is 24.6 Å². The number of aromatic nitrogens is 4. The number of hydrogen-bond donors (Lipinski definition) is 2. The highest BCUT2D eigenvalue weighted by Gasteiger charge is 2.35. The molecule has 224 valence electrons. The Morgan fingerprint density at radius 2 is 1.80 bits per heavy atom. The van der Waals surface area contributed by atoms with Gasteiger partial charge in [0.15, 0.2) is 5.82 Å². The van der Waals surface area contributed by atoms with Crippen molar-refractivity contribution >= 4 is 38.9 Å². The van der Waals surface area contributed by atoms with E-state index >= 15 is 0 Å². The van der Waals surface area contributed by atoms with Gasteiger partial charge >= 0.3 is 0 Å². The minimum Gasteiger partial charge on any atom is -0.489 e. The lowest BCUT2D eigenvalue weighted by Crippen LogP contribution is -2.35. The largest absolute Gasteiger partial charge is 0.489 e. The molecule has 0 aliphatic heterocycles. The Labute approximate surface area is 248 Å². The Balaban J connectivity index is 1.36.